The predicted molar refractivity (Wildman–Crippen MR) is 177 cm³/mol. The molecule has 8 nitrogen and oxygen atoms in total. The largest absolute Gasteiger partial charge is 0.444 e. The van der Waals surface area contributed by atoms with Crippen molar-refractivity contribution in [1.82, 2.24) is 20.9 Å². The molecule has 0 aromatic heterocycles. The second-order valence-corrected chi connectivity index (χ2v) is 14.8. The molecule has 2 aliphatic heterocycles. The van der Waals surface area contributed by atoms with E-state index in [1.807, 2.05) is 20.8 Å². The van der Waals surface area contributed by atoms with E-state index in [2.05, 4.69) is 16.0 Å². The van der Waals surface area contributed by atoms with Crippen LogP contribution in [0, 0.1) is 23.5 Å². The first-order valence-electron chi connectivity index (χ1n) is 16.5. The Morgan fingerprint density at radius 1 is 0.851 bits per heavy atom. The van der Waals surface area contributed by atoms with Gasteiger partial charge in [-0.3, -0.25) is 14.5 Å². The molecule has 6 atom stereocenters. The quantitative estimate of drug-likeness (QED) is 0.306. The molecular formula is C35H44Cl2F2N4O4. The topological polar surface area (TPSA) is 99.8 Å². The fourth-order valence-electron chi connectivity index (χ4n) is 7.43. The summed E-state index contributed by atoms with van der Waals surface area (Å²) in [7, 11) is 0. The summed E-state index contributed by atoms with van der Waals surface area (Å²) >= 11 is 11.5. The van der Waals surface area contributed by atoms with Crippen molar-refractivity contribution in [1.29, 1.82) is 0 Å². The Balaban J connectivity index is 0.000000193. The van der Waals surface area contributed by atoms with E-state index < -0.39 is 29.4 Å². The first-order valence-corrected chi connectivity index (χ1v) is 17.3. The molecule has 0 bridgehead atoms. The molecule has 0 radical (unpaired) electrons. The molecule has 2 saturated heterocycles. The standard InChI is InChI=1S/C20H26ClFN2O3.C15H18ClFN2O/c1-20(2,3)27-19(26)24-15-9-5-6-12(15)10-16(24)18(25)23-11-13-7-4-8-14(21)17(13)22;16-11-5-1-4-10(14(11)17)8-18-15(20)13-7-9-3-2-6-12(9)19-13/h4,7-8,12,15-16H,5-6,9-11H2,1-3H3,(H,23,25);1,4-5,9,12-13,19H,2-3,6-8H2,(H,18,20)/t12-,15-,16-;9-,12-,13-/m00/s1. The number of amides is 3. The second-order valence-electron chi connectivity index (χ2n) is 14.0. The molecule has 2 aliphatic carbocycles. The maximum absolute atomic E-state index is 14.0. The fourth-order valence-corrected chi connectivity index (χ4v) is 7.81. The molecule has 0 unspecified atom stereocenters. The van der Waals surface area contributed by atoms with Crippen LogP contribution in [0.4, 0.5) is 13.6 Å². The van der Waals surface area contributed by atoms with Gasteiger partial charge in [-0.2, -0.15) is 0 Å². The summed E-state index contributed by atoms with van der Waals surface area (Å²) in [6.07, 6.45) is 7.64. The smallest absolute Gasteiger partial charge is 0.411 e. The Morgan fingerprint density at radius 3 is 2.02 bits per heavy atom. The molecule has 3 amide bonds. The van der Waals surface area contributed by atoms with Gasteiger partial charge < -0.3 is 20.7 Å². The lowest BCUT2D eigenvalue weighted by Crippen LogP contribution is -2.50. The van der Waals surface area contributed by atoms with Crippen LogP contribution >= 0.6 is 23.2 Å². The van der Waals surface area contributed by atoms with E-state index in [0.29, 0.717) is 35.4 Å². The molecule has 2 aromatic rings. The van der Waals surface area contributed by atoms with E-state index >= 15 is 0 Å². The fraction of sp³-hybridized carbons (Fsp3) is 0.571. The van der Waals surface area contributed by atoms with Gasteiger partial charge in [-0.1, -0.05) is 60.3 Å². The molecule has 2 heterocycles. The van der Waals surface area contributed by atoms with Crippen molar-refractivity contribution in [2.24, 2.45) is 11.8 Å². The maximum atomic E-state index is 14.0. The number of halogens is 4. The van der Waals surface area contributed by atoms with E-state index in [1.54, 1.807) is 29.2 Å². The number of fused-ring (bicyclic) bond motifs is 2. The number of likely N-dealkylation sites (tertiary alicyclic amines) is 1. The highest BCUT2D eigenvalue weighted by atomic mass is 35.5. The van der Waals surface area contributed by atoms with Gasteiger partial charge in [-0.15, -0.1) is 0 Å². The van der Waals surface area contributed by atoms with E-state index in [-0.39, 0.29) is 47.0 Å². The summed E-state index contributed by atoms with van der Waals surface area (Å²) in [5, 5.41) is 9.05. The molecular weight excluding hydrogens is 649 g/mol. The summed E-state index contributed by atoms with van der Waals surface area (Å²) in [4.78, 5) is 39.3. The van der Waals surface area contributed by atoms with Crippen molar-refractivity contribution in [3.8, 4) is 0 Å². The van der Waals surface area contributed by atoms with Crippen LogP contribution in [0.3, 0.4) is 0 Å². The highest BCUT2D eigenvalue weighted by molar-refractivity contribution is 6.31. The molecule has 4 aliphatic rings. The normalized spacial score (nSPS) is 26.2. The number of carbonyl (C=O) groups excluding carboxylic acids is 3. The third-order valence-corrected chi connectivity index (χ3v) is 10.2. The van der Waals surface area contributed by atoms with Crippen LogP contribution in [0.5, 0.6) is 0 Å². The van der Waals surface area contributed by atoms with Crippen LogP contribution in [-0.2, 0) is 27.4 Å². The van der Waals surface area contributed by atoms with E-state index in [9.17, 15) is 23.2 Å². The average molecular weight is 694 g/mol. The van der Waals surface area contributed by atoms with Crippen molar-refractivity contribution in [2.45, 2.75) is 115 Å². The van der Waals surface area contributed by atoms with E-state index in [1.165, 1.54) is 25.0 Å². The first kappa shape index (κ1) is 35.4. The summed E-state index contributed by atoms with van der Waals surface area (Å²) in [5.41, 5.74) is 0.112. The van der Waals surface area contributed by atoms with Gasteiger partial charge in [0.25, 0.3) is 0 Å². The van der Waals surface area contributed by atoms with Crippen molar-refractivity contribution in [3.05, 3.63) is 69.2 Å². The molecule has 6 rings (SSSR count). The van der Waals surface area contributed by atoms with Crippen LogP contribution in [0.1, 0.15) is 83.3 Å². The van der Waals surface area contributed by atoms with Gasteiger partial charge in [-0.05, 0) is 83.3 Å². The summed E-state index contributed by atoms with van der Waals surface area (Å²) in [6, 6.07) is 9.32. The third-order valence-electron chi connectivity index (χ3n) is 9.64. The van der Waals surface area contributed by atoms with Crippen molar-refractivity contribution >= 4 is 41.1 Å². The highest BCUT2D eigenvalue weighted by Crippen LogP contribution is 2.42. The van der Waals surface area contributed by atoms with Gasteiger partial charge in [0.15, 0.2) is 0 Å². The lowest BCUT2D eigenvalue weighted by Gasteiger charge is -2.31. The molecule has 4 fully saturated rings. The molecule has 2 saturated carbocycles. The average Bonchev–Trinajstić information content (AvgIpc) is 3.79. The Labute approximate surface area is 285 Å². The minimum Gasteiger partial charge on any atom is -0.444 e. The van der Waals surface area contributed by atoms with Crippen molar-refractivity contribution in [2.75, 3.05) is 0 Å². The summed E-state index contributed by atoms with van der Waals surface area (Å²) < 4.78 is 33.3. The number of hydrogen-bond donors (Lipinski definition) is 3. The van der Waals surface area contributed by atoms with Gasteiger partial charge in [0.2, 0.25) is 11.8 Å². The summed E-state index contributed by atoms with van der Waals surface area (Å²) in [6.45, 7) is 5.64. The molecule has 2 aromatic carbocycles. The van der Waals surface area contributed by atoms with Crippen LogP contribution in [0.25, 0.3) is 0 Å². The van der Waals surface area contributed by atoms with Crippen molar-refractivity contribution < 1.29 is 27.9 Å². The van der Waals surface area contributed by atoms with E-state index in [4.69, 9.17) is 27.9 Å². The van der Waals surface area contributed by atoms with Gasteiger partial charge in [0.05, 0.1) is 16.1 Å². The zero-order valence-corrected chi connectivity index (χ0v) is 28.6. The third kappa shape index (κ3) is 8.56. The van der Waals surface area contributed by atoms with Crippen LogP contribution in [0.15, 0.2) is 36.4 Å². The van der Waals surface area contributed by atoms with E-state index in [0.717, 1.165) is 32.1 Å². The number of benzene rings is 2. The Hall–Kier alpha value is -2.95. The van der Waals surface area contributed by atoms with Crippen LogP contribution in [0.2, 0.25) is 10.0 Å². The van der Waals surface area contributed by atoms with Gasteiger partial charge in [0, 0.05) is 36.3 Å². The van der Waals surface area contributed by atoms with Gasteiger partial charge in [0.1, 0.15) is 23.3 Å². The number of nitrogens with zero attached hydrogens (tertiary/aromatic N) is 1. The molecule has 256 valence electrons. The molecule has 47 heavy (non-hydrogen) atoms. The minimum atomic E-state index is -0.626. The zero-order valence-electron chi connectivity index (χ0n) is 27.1. The first-order chi connectivity index (χ1) is 22.3. The number of hydrogen-bond acceptors (Lipinski definition) is 5. The number of rotatable bonds is 6. The Bertz CT molecular complexity index is 1460. The SMILES string of the molecule is CC(C)(C)OC(=O)N1[C@H](C(=O)NCc2cccc(Cl)c2F)C[C@@H]2CCC[C@@H]21.O=C(NCc1cccc(Cl)c1F)[C@@H]1C[C@@H]2CCC[C@@H]2N1. The molecule has 0 spiro atoms. The Morgan fingerprint density at radius 2 is 1.43 bits per heavy atom. The van der Waals surface area contributed by atoms with Gasteiger partial charge in [-0.25, -0.2) is 13.6 Å². The molecule has 12 heteroatoms. The number of nitrogens with one attached hydrogen (secondary N) is 3. The van der Waals surface area contributed by atoms with Gasteiger partial charge >= 0.3 is 6.09 Å². The highest BCUT2D eigenvalue weighted by Gasteiger charge is 2.50. The lowest BCUT2D eigenvalue weighted by molar-refractivity contribution is -0.126. The van der Waals surface area contributed by atoms with Crippen LogP contribution < -0.4 is 16.0 Å². The summed E-state index contributed by atoms with van der Waals surface area (Å²) in [5.74, 6) is -0.365. The molecule has 3 N–H and O–H groups in total. The monoisotopic (exact) mass is 692 g/mol. The lowest BCUT2D eigenvalue weighted by atomic mass is 10.0. The maximum Gasteiger partial charge on any atom is 0.411 e. The second kappa shape index (κ2) is 15.1. The van der Waals surface area contributed by atoms with Crippen molar-refractivity contribution in [3.63, 3.8) is 0 Å². The Kier molecular flexibility index (Phi) is 11.3. The van der Waals surface area contributed by atoms with Crippen LogP contribution in [-0.4, -0.2) is 52.6 Å². The zero-order chi connectivity index (χ0) is 33.9. The minimum absolute atomic E-state index is 0.0209. The predicted octanol–water partition coefficient (Wildman–Crippen LogP) is 6.90. The number of carbonyl (C=O) groups is 3. The number of ether oxygens (including phenoxy) is 1.